The van der Waals surface area contributed by atoms with E-state index in [0.717, 1.165) is 34.6 Å². The molecule has 0 radical (unpaired) electrons. The third kappa shape index (κ3) is 15.6. The summed E-state index contributed by atoms with van der Waals surface area (Å²) in [7, 11) is 0. The van der Waals surface area contributed by atoms with Crippen molar-refractivity contribution in [2.24, 2.45) is 11.8 Å². The monoisotopic (exact) mass is 506 g/mol. The van der Waals surface area contributed by atoms with Crippen molar-refractivity contribution in [1.82, 2.24) is 0 Å². The fraction of sp³-hybridized carbons (Fsp3) is 0.913. The van der Waals surface area contributed by atoms with E-state index in [2.05, 4.69) is 32.6 Å². The molecule has 166 valence electrons. The van der Waals surface area contributed by atoms with Crippen molar-refractivity contribution in [2.45, 2.75) is 106 Å². The number of hydrogen-bond acceptors (Lipinski definition) is 4. The molecule has 2 atom stereocenters. The first-order valence-electron chi connectivity index (χ1n) is 11.8. The number of hydrogen-bond donors (Lipinski definition) is 0. The number of carbonyl (C=O) groups excluding carboxylic acids is 2. The summed E-state index contributed by atoms with van der Waals surface area (Å²) in [6.07, 6.45) is 10.3. The topological polar surface area (TPSA) is 52.6 Å². The second-order valence-electron chi connectivity index (χ2n) is 8.38. The summed E-state index contributed by atoms with van der Waals surface area (Å²) in [6.45, 7) is 9.86. The van der Waals surface area contributed by atoms with E-state index in [4.69, 9.17) is 9.47 Å². The van der Waals surface area contributed by atoms with E-state index >= 15 is 0 Å². The molecule has 0 spiro atoms. The van der Waals surface area contributed by atoms with Gasteiger partial charge in [0.05, 0.1) is 0 Å². The Morgan fingerprint density at radius 2 is 1.14 bits per heavy atom. The van der Waals surface area contributed by atoms with Gasteiger partial charge in [-0.2, -0.15) is 0 Å². The summed E-state index contributed by atoms with van der Waals surface area (Å²) in [5.74, 6) is 0.901. The zero-order valence-corrected chi connectivity index (χ0v) is 22.6. The molecule has 0 aliphatic rings. The van der Waals surface area contributed by atoms with Crippen LogP contribution in [0.15, 0.2) is 0 Å². The van der Waals surface area contributed by atoms with Crippen LogP contribution in [0.2, 0.25) is 13.8 Å². The van der Waals surface area contributed by atoms with Crippen molar-refractivity contribution in [1.29, 1.82) is 0 Å². The molecule has 0 aromatic heterocycles. The van der Waals surface area contributed by atoms with Gasteiger partial charge in [0.15, 0.2) is 0 Å². The molecular formula is C23H46O4Sn. The number of ether oxygens (including phenoxy) is 2. The molecule has 2 unspecified atom stereocenters. The van der Waals surface area contributed by atoms with Gasteiger partial charge in [0, 0.05) is 0 Å². The van der Waals surface area contributed by atoms with Gasteiger partial charge in [0.2, 0.25) is 0 Å². The molecule has 0 amide bonds. The van der Waals surface area contributed by atoms with Gasteiger partial charge in [-0.3, -0.25) is 0 Å². The molecule has 0 aromatic carbocycles. The maximum absolute atomic E-state index is 12.0. The summed E-state index contributed by atoms with van der Waals surface area (Å²) < 4.78 is 12.9. The predicted octanol–water partition coefficient (Wildman–Crippen LogP) is 6.14. The van der Waals surface area contributed by atoms with Crippen LogP contribution in [0.1, 0.15) is 91.9 Å². The van der Waals surface area contributed by atoms with Gasteiger partial charge in [0.1, 0.15) is 0 Å². The Kier molecular flexibility index (Phi) is 18.6. The predicted molar refractivity (Wildman–Crippen MR) is 120 cm³/mol. The summed E-state index contributed by atoms with van der Waals surface area (Å²) in [5.41, 5.74) is 0. The van der Waals surface area contributed by atoms with Gasteiger partial charge in [-0.05, 0) is 0 Å². The molecule has 0 saturated heterocycles. The van der Waals surface area contributed by atoms with Crippen LogP contribution in [0.25, 0.3) is 0 Å². The van der Waals surface area contributed by atoms with Crippen LogP contribution in [0.5, 0.6) is 0 Å². The van der Waals surface area contributed by atoms with Crippen molar-refractivity contribution >= 4 is 31.7 Å². The van der Waals surface area contributed by atoms with Crippen LogP contribution in [0.4, 0.5) is 0 Å². The third-order valence-corrected chi connectivity index (χ3v) is 13.0. The summed E-state index contributed by atoms with van der Waals surface area (Å²) >= 11 is -1.78. The second kappa shape index (κ2) is 18.7. The molecule has 0 saturated carbocycles. The number of carbonyl (C=O) groups is 2. The third-order valence-electron chi connectivity index (χ3n) is 5.73. The molecule has 0 N–H and O–H groups in total. The molecule has 5 heteroatoms. The number of esters is 2. The van der Waals surface area contributed by atoms with Crippen LogP contribution in [0, 0.1) is 11.8 Å². The zero-order valence-electron chi connectivity index (χ0n) is 19.3. The first-order valence-corrected chi connectivity index (χ1v) is 19.7. The Hall–Kier alpha value is -0.261. The van der Waals surface area contributed by atoms with E-state index in [1.807, 2.05) is 0 Å². The average molecular weight is 505 g/mol. The second-order valence-corrected chi connectivity index (χ2v) is 18.0. The van der Waals surface area contributed by atoms with Crippen molar-refractivity contribution in [2.75, 3.05) is 13.2 Å². The van der Waals surface area contributed by atoms with E-state index in [0.29, 0.717) is 37.9 Å². The first-order chi connectivity index (χ1) is 13.5. The average Bonchev–Trinajstić information content (AvgIpc) is 2.70. The molecule has 0 heterocycles. The fourth-order valence-corrected chi connectivity index (χ4v) is 8.22. The fourth-order valence-electron chi connectivity index (χ4n) is 3.23. The van der Waals surface area contributed by atoms with Crippen LogP contribution in [-0.4, -0.2) is 44.9 Å². The quantitative estimate of drug-likeness (QED) is 0.166. The number of unbranched alkanes of at least 4 members (excludes halogenated alkanes) is 2. The van der Waals surface area contributed by atoms with Gasteiger partial charge in [0.25, 0.3) is 0 Å². The molecule has 0 aliphatic heterocycles. The molecule has 0 rings (SSSR count). The van der Waals surface area contributed by atoms with Crippen LogP contribution >= 0.6 is 0 Å². The maximum atomic E-state index is 12.0. The van der Waals surface area contributed by atoms with Crippen molar-refractivity contribution in [3.63, 3.8) is 0 Å². The normalized spacial score (nSPS) is 14.3. The molecule has 28 heavy (non-hydrogen) atoms. The summed E-state index contributed by atoms with van der Waals surface area (Å²) in [4.78, 5) is 26.3. The van der Waals surface area contributed by atoms with E-state index < -0.39 is 19.8 Å². The molecule has 0 aliphatic carbocycles. The SMILES string of the molecule is CCCCC(CC)COC(=O)C[CH2][SnH]([CH3])[CH2]CC(=O)OCC(CC)CCCC. The van der Waals surface area contributed by atoms with E-state index in [-0.39, 0.29) is 11.9 Å². The molecule has 0 fully saturated rings. The number of rotatable bonds is 18. The van der Waals surface area contributed by atoms with Gasteiger partial charge in [-0.25, -0.2) is 0 Å². The minimum absolute atomic E-state index is 0.0530. The van der Waals surface area contributed by atoms with Gasteiger partial charge in [-0.15, -0.1) is 0 Å². The Labute approximate surface area is 181 Å². The summed E-state index contributed by atoms with van der Waals surface area (Å²) in [5, 5.41) is 0. The van der Waals surface area contributed by atoms with E-state index in [1.54, 1.807) is 0 Å². The van der Waals surface area contributed by atoms with E-state index in [1.165, 1.54) is 25.7 Å². The Morgan fingerprint density at radius 3 is 1.46 bits per heavy atom. The molecule has 4 nitrogen and oxygen atoms in total. The van der Waals surface area contributed by atoms with Crippen LogP contribution in [0.3, 0.4) is 0 Å². The molecule has 0 aromatic rings. The molecular weight excluding hydrogens is 459 g/mol. The van der Waals surface area contributed by atoms with Gasteiger partial charge < -0.3 is 0 Å². The van der Waals surface area contributed by atoms with Crippen LogP contribution < -0.4 is 0 Å². The van der Waals surface area contributed by atoms with Gasteiger partial charge in [-0.1, -0.05) is 0 Å². The standard InChI is InChI=1S/2C11H21O2.CH3.Sn.H/c2*1-4-7-8-10(5-2)9-13-11(12)6-3;;;/h2*10H,3-9H2,1-2H3;1H3;;. The Bertz CT molecular complexity index is 364. The molecule has 0 bridgehead atoms. The first kappa shape index (κ1) is 27.7. The minimum atomic E-state index is -1.78. The van der Waals surface area contributed by atoms with Crippen molar-refractivity contribution in [3.05, 3.63) is 0 Å². The zero-order chi connectivity index (χ0) is 21.2. The van der Waals surface area contributed by atoms with Crippen LogP contribution in [-0.2, 0) is 19.1 Å². The van der Waals surface area contributed by atoms with E-state index in [9.17, 15) is 9.59 Å². The Balaban J connectivity index is 3.88. The Morgan fingerprint density at radius 1 is 0.750 bits per heavy atom. The van der Waals surface area contributed by atoms with Gasteiger partial charge >= 0.3 is 182 Å². The van der Waals surface area contributed by atoms with Crippen molar-refractivity contribution in [3.8, 4) is 0 Å². The van der Waals surface area contributed by atoms with Crippen molar-refractivity contribution < 1.29 is 19.1 Å². The summed E-state index contributed by atoms with van der Waals surface area (Å²) in [6, 6.07) is 0.